The second-order valence-corrected chi connectivity index (χ2v) is 9.36. The smallest absolute Gasteiger partial charge is 0.252 e. The first-order chi connectivity index (χ1) is 11.4. The highest BCUT2D eigenvalue weighted by molar-refractivity contribution is 9.10. The Morgan fingerprint density at radius 2 is 2.00 bits per heavy atom. The van der Waals surface area contributed by atoms with Crippen molar-refractivity contribution in [2.45, 2.75) is 16.8 Å². The normalized spacial score (nSPS) is 11.2. The molecule has 1 heterocycles. The summed E-state index contributed by atoms with van der Waals surface area (Å²) in [4.78, 5) is 17.4. The second-order valence-electron chi connectivity index (χ2n) is 4.91. The van der Waals surface area contributed by atoms with Crippen LogP contribution in [0.5, 0.6) is 0 Å². The van der Waals surface area contributed by atoms with Crippen LogP contribution in [0.3, 0.4) is 0 Å². The Balaban J connectivity index is 2.07. The van der Waals surface area contributed by atoms with Gasteiger partial charge in [0.05, 0.1) is 11.3 Å². The molecule has 1 aromatic heterocycles. The van der Waals surface area contributed by atoms with E-state index in [1.165, 1.54) is 11.8 Å². The lowest BCUT2D eigenvalue weighted by atomic mass is 10.2. The molecule has 5 nitrogen and oxygen atoms in total. The molecule has 0 aliphatic heterocycles. The summed E-state index contributed by atoms with van der Waals surface area (Å²) >= 11 is 4.72. The summed E-state index contributed by atoms with van der Waals surface area (Å²) in [6.07, 6.45) is 1.70. The van der Waals surface area contributed by atoms with Gasteiger partial charge in [0.25, 0.3) is 5.91 Å². The molecule has 0 bridgehead atoms. The van der Waals surface area contributed by atoms with Crippen LogP contribution < -0.4 is 5.32 Å². The maximum Gasteiger partial charge on any atom is 0.252 e. The molecule has 128 valence electrons. The number of rotatable bonds is 7. The molecule has 0 fully saturated rings. The highest BCUT2D eigenvalue weighted by Gasteiger charge is 2.14. The summed E-state index contributed by atoms with van der Waals surface area (Å²) in [5, 5.41) is 3.44. The standard InChI is InChI=1S/C16H17BrN2O3S2/c1-2-24(21,22)10-9-18-16(20)13-5-3-4-6-14(13)23-15-8-7-12(17)11-19-15/h3-8,11H,2,9-10H2,1H3,(H,18,20). The van der Waals surface area contributed by atoms with Gasteiger partial charge < -0.3 is 5.32 Å². The van der Waals surface area contributed by atoms with Gasteiger partial charge in [0.2, 0.25) is 0 Å². The molecule has 1 amide bonds. The van der Waals surface area contributed by atoms with Crippen molar-refractivity contribution in [3.8, 4) is 0 Å². The summed E-state index contributed by atoms with van der Waals surface area (Å²) in [5.41, 5.74) is 0.501. The number of benzene rings is 1. The lowest BCUT2D eigenvalue weighted by Crippen LogP contribution is -2.29. The summed E-state index contributed by atoms with van der Waals surface area (Å²) in [5.74, 6) is -0.273. The van der Waals surface area contributed by atoms with E-state index >= 15 is 0 Å². The predicted octanol–water partition coefficient (Wildman–Crippen LogP) is 3.16. The molecule has 8 heteroatoms. The SMILES string of the molecule is CCS(=O)(=O)CCNC(=O)c1ccccc1Sc1ccc(Br)cn1. The van der Waals surface area contributed by atoms with Crippen molar-refractivity contribution in [1.82, 2.24) is 10.3 Å². The zero-order valence-electron chi connectivity index (χ0n) is 13.0. The average Bonchev–Trinajstić information content (AvgIpc) is 2.57. The molecule has 0 saturated heterocycles. The average molecular weight is 429 g/mol. The predicted molar refractivity (Wildman–Crippen MR) is 99.2 cm³/mol. The number of pyridine rings is 1. The molecular weight excluding hydrogens is 412 g/mol. The van der Waals surface area contributed by atoms with Crippen LogP contribution in [-0.4, -0.2) is 37.4 Å². The number of carbonyl (C=O) groups excluding carboxylic acids is 1. The zero-order valence-corrected chi connectivity index (χ0v) is 16.2. The minimum Gasteiger partial charge on any atom is -0.351 e. The molecule has 0 atom stereocenters. The van der Waals surface area contributed by atoms with E-state index in [4.69, 9.17) is 0 Å². The van der Waals surface area contributed by atoms with Crippen LogP contribution in [0, 0.1) is 0 Å². The molecule has 2 aromatic rings. The van der Waals surface area contributed by atoms with Crippen LogP contribution in [0.15, 0.2) is 57.0 Å². The molecule has 0 spiro atoms. The van der Waals surface area contributed by atoms with Gasteiger partial charge in [-0.15, -0.1) is 0 Å². The van der Waals surface area contributed by atoms with Gasteiger partial charge >= 0.3 is 0 Å². The van der Waals surface area contributed by atoms with Gasteiger partial charge in [0.15, 0.2) is 9.84 Å². The lowest BCUT2D eigenvalue weighted by Gasteiger charge is -2.09. The fraction of sp³-hybridized carbons (Fsp3) is 0.250. The molecule has 0 radical (unpaired) electrons. The molecule has 0 aliphatic carbocycles. The Labute approximate surface area is 154 Å². The summed E-state index contributed by atoms with van der Waals surface area (Å²) < 4.78 is 23.9. The van der Waals surface area contributed by atoms with Gasteiger partial charge in [-0.05, 0) is 40.2 Å². The summed E-state index contributed by atoms with van der Waals surface area (Å²) in [6, 6.07) is 10.9. The van der Waals surface area contributed by atoms with Gasteiger partial charge in [-0.1, -0.05) is 30.8 Å². The molecule has 0 aliphatic rings. The fourth-order valence-corrected chi connectivity index (χ4v) is 3.66. The third-order valence-corrected chi connectivity index (χ3v) is 6.39. The van der Waals surface area contributed by atoms with Crippen LogP contribution in [0.2, 0.25) is 0 Å². The Morgan fingerprint density at radius 1 is 1.25 bits per heavy atom. The molecule has 0 saturated carbocycles. The number of nitrogens with zero attached hydrogens (tertiary/aromatic N) is 1. The molecule has 1 N–H and O–H groups in total. The first kappa shape index (κ1) is 19.0. The van der Waals surface area contributed by atoms with E-state index in [1.54, 1.807) is 25.3 Å². The van der Waals surface area contributed by atoms with E-state index in [0.717, 1.165) is 14.4 Å². The van der Waals surface area contributed by atoms with Crippen LogP contribution in [0.25, 0.3) is 0 Å². The molecule has 24 heavy (non-hydrogen) atoms. The van der Waals surface area contributed by atoms with E-state index in [-0.39, 0.29) is 24.0 Å². The number of hydrogen-bond acceptors (Lipinski definition) is 5. The number of aromatic nitrogens is 1. The van der Waals surface area contributed by atoms with Crippen molar-refractivity contribution < 1.29 is 13.2 Å². The lowest BCUT2D eigenvalue weighted by molar-refractivity contribution is 0.0953. The molecule has 1 aromatic carbocycles. The maximum absolute atomic E-state index is 12.3. The Hall–Kier alpha value is -1.38. The third-order valence-electron chi connectivity index (χ3n) is 3.18. The second kappa shape index (κ2) is 8.64. The highest BCUT2D eigenvalue weighted by atomic mass is 79.9. The van der Waals surface area contributed by atoms with Crippen LogP contribution >= 0.6 is 27.7 Å². The number of sulfone groups is 1. The fourth-order valence-electron chi connectivity index (χ4n) is 1.84. The van der Waals surface area contributed by atoms with Crippen LogP contribution in [0.1, 0.15) is 17.3 Å². The van der Waals surface area contributed by atoms with Gasteiger partial charge in [0, 0.05) is 27.9 Å². The highest BCUT2D eigenvalue weighted by Crippen LogP contribution is 2.29. The zero-order chi connectivity index (χ0) is 17.6. The molecule has 2 rings (SSSR count). The first-order valence-corrected chi connectivity index (χ1v) is 10.7. The van der Waals surface area contributed by atoms with E-state index in [2.05, 4.69) is 26.2 Å². The topological polar surface area (TPSA) is 76.1 Å². The molecular formula is C16H17BrN2O3S2. The van der Waals surface area contributed by atoms with Crippen molar-refractivity contribution in [2.75, 3.05) is 18.1 Å². The van der Waals surface area contributed by atoms with Crippen molar-refractivity contribution in [1.29, 1.82) is 0 Å². The largest absolute Gasteiger partial charge is 0.351 e. The number of halogens is 1. The number of carbonyl (C=O) groups is 1. The maximum atomic E-state index is 12.3. The first-order valence-electron chi connectivity index (χ1n) is 7.28. The van der Waals surface area contributed by atoms with Crippen LogP contribution in [-0.2, 0) is 9.84 Å². The van der Waals surface area contributed by atoms with Gasteiger partial charge in [-0.2, -0.15) is 0 Å². The van der Waals surface area contributed by atoms with E-state index in [0.29, 0.717) is 5.56 Å². The number of nitrogens with one attached hydrogen (secondary N) is 1. The van der Waals surface area contributed by atoms with E-state index < -0.39 is 9.84 Å². The Morgan fingerprint density at radius 3 is 2.67 bits per heavy atom. The monoisotopic (exact) mass is 428 g/mol. The number of amides is 1. The number of hydrogen-bond donors (Lipinski definition) is 1. The van der Waals surface area contributed by atoms with E-state index in [9.17, 15) is 13.2 Å². The quantitative estimate of drug-likeness (QED) is 0.732. The van der Waals surface area contributed by atoms with Crippen molar-refractivity contribution >= 4 is 43.4 Å². The third kappa shape index (κ3) is 5.61. The molecule has 0 unspecified atom stereocenters. The van der Waals surface area contributed by atoms with E-state index in [1.807, 2.05) is 24.3 Å². The Kier molecular flexibility index (Phi) is 6.82. The van der Waals surface area contributed by atoms with Crippen LogP contribution in [0.4, 0.5) is 0 Å². The van der Waals surface area contributed by atoms with Gasteiger partial charge in [-0.25, -0.2) is 13.4 Å². The van der Waals surface area contributed by atoms with Crippen molar-refractivity contribution in [2.24, 2.45) is 0 Å². The Bertz CT molecular complexity index is 808. The minimum atomic E-state index is -3.09. The van der Waals surface area contributed by atoms with Crippen molar-refractivity contribution in [3.63, 3.8) is 0 Å². The minimum absolute atomic E-state index is 0.0567. The van der Waals surface area contributed by atoms with Gasteiger partial charge in [0.1, 0.15) is 5.03 Å². The van der Waals surface area contributed by atoms with Gasteiger partial charge in [-0.3, -0.25) is 4.79 Å². The summed E-state index contributed by atoms with van der Waals surface area (Å²) in [6.45, 7) is 1.69. The summed E-state index contributed by atoms with van der Waals surface area (Å²) in [7, 11) is -3.09. The van der Waals surface area contributed by atoms with Crippen molar-refractivity contribution in [3.05, 3.63) is 52.6 Å².